The SMILES string of the molecule is CC1CCCC(CN)(NC(=O)c2ccn(C)n2)C1. The van der Waals surface area contributed by atoms with E-state index in [1.165, 1.54) is 6.42 Å². The zero-order valence-corrected chi connectivity index (χ0v) is 11.1. The number of nitrogens with one attached hydrogen (secondary N) is 1. The molecule has 1 saturated carbocycles. The highest BCUT2D eigenvalue weighted by molar-refractivity contribution is 5.92. The summed E-state index contributed by atoms with van der Waals surface area (Å²) in [6.07, 6.45) is 6.05. The van der Waals surface area contributed by atoms with Gasteiger partial charge >= 0.3 is 0 Å². The fraction of sp³-hybridized carbons (Fsp3) is 0.692. The minimum Gasteiger partial charge on any atom is -0.344 e. The molecule has 5 heteroatoms. The maximum atomic E-state index is 12.2. The maximum Gasteiger partial charge on any atom is 0.272 e. The van der Waals surface area contributed by atoms with Crippen LogP contribution in [-0.2, 0) is 7.05 Å². The lowest BCUT2D eigenvalue weighted by Gasteiger charge is -2.39. The van der Waals surface area contributed by atoms with Crippen LogP contribution in [0.5, 0.6) is 0 Å². The average Bonchev–Trinajstić information content (AvgIpc) is 2.76. The van der Waals surface area contributed by atoms with Crippen molar-refractivity contribution in [3.63, 3.8) is 0 Å². The Morgan fingerprint density at radius 1 is 1.72 bits per heavy atom. The smallest absolute Gasteiger partial charge is 0.272 e. The van der Waals surface area contributed by atoms with Crippen LogP contribution >= 0.6 is 0 Å². The van der Waals surface area contributed by atoms with Gasteiger partial charge < -0.3 is 11.1 Å². The van der Waals surface area contributed by atoms with E-state index >= 15 is 0 Å². The van der Waals surface area contributed by atoms with Crippen molar-refractivity contribution in [2.45, 2.75) is 38.1 Å². The summed E-state index contributed by atoms with van der Waals surface area (Å²) in [5.74, 6) is 0.501. The van der Waals surface area contributed by atoms with Gasteiger partial charge in [0.2, 0.25) is 0 Å². The number of nitrogens with two attached hydrogens (primary N) is 1. The maximum absolute atomic E-state index is 12.2. The molecule has 0 spiro atoms. The van der Waals surface area contributed by atoms with Crippen molar-refractivity contribution in [1.82, 2.24) is 15.1 Å². The van der Waals surface area contributed by atoms with Crippen molar-refractivity contribution in [1.29, 1.82) is 0 Å². The Labute approximate surface area is 108 Å². The number of aryl methyl sites for hydroxylation is 1. The molecule has 2 atom stereocenters. The van der Waals surface area contributed by atoms with E-state index in [1.54, 1.807) is 24.0 Å². The van der Waals surface area contributed by atoms with Gasteiger partial charge in [-0.15, -0.1) is 0 Å². The van der Waals surface area contributed by atoms with E-state index in [0.29, 0.717) is 18.2 Å². The van der Waals surface area contributed by atoms with Gasteiger partial charge in [-0.3, -0.25) is 9.48 Å². The fourth-order valence-electron chi connectivity index (χ4n) is 2.85. The highest BCUT2D eigenvalue weighted by Crippen LogP contribution is 2.31. The Morgan fingerprint density at radius 3 is 3.06 bits per heavy atom. The van der Waals surface area contributed by atoms with Gasteiger partial charge in [0.15, 0.2) is 0 Å². The number of carbonyl (C=O) groups is 1. The summed E-state index contributed by atoms with van der Waals surface area (Å²) >= 11 is 0. The van der Waals surface area contributed by atoms with Gasteiger partial charge in [0.25, 0.3) is 5.91 Å². The number of rotatable bonds is 3. The van der Waals surface area contributed by atoms with E-state index in [2.05, 4.69) is 17.3 Å². The van der Waals surface area contributed by atoms with Crippen molar-refractivity contribution in [3.05, 3.63) is 18.0 Å². The summed E-state index contributed by atoms with van der Waals surface area (Å²) < 4.78 is 1.63. The van der Waals surface area contributed by atoms with E-state index in [4.69, 9.17) is 5.73 Å². The Bertz CT molecular complexity index is 428. The van der Waals surface area contributed by atoms with Crippen LogP contribution in [0.4, 0.5) is 0 Å². The standard InChI is InChI=1S/C13H22N4O/c1-10-4-3-6-13(8-10,9-14)15-12(18)11-5-7-17(2)16-11/h5,7,10H,3-4,6,8-9,14H2,1-2H3,(H,15,18). The van der Waals surface area contributed by atoms with E-state index in [1.807, 2.05) is 0 Å². The predicted octanol–water partition coefficient (Wildman–Crippen LogP) is 1.06. The largest absolute Gasteiger partial charge is 0.344 e. The minimum absolute atomic E-state index is 0.116. The molecule has 2 unspecified atom stereocenters. The zero-order valence-electron chi connectivity index (χ0n) is 11.1. The second-order valence-corrected chi connectivity index (χ2v) is 5.51. The normalized spacial score (nSPS) is 28.1. The molecule has 1 amide bonds. The minimum atomic E-state index is -0.244. The van der Waals surface area contributed by atoms with Gasteiger partial charge in [0.05, 0.1) is 5.54 Å². The second kappa shape index (κ2) is 5.10. The van der Waals surface area contributed by atoms with E-state index in [9.17, 15) is 4.79 Å². The molecular weight excluding hydrogens is 228 g/mol. The Kier molecular flexibility index (Phi) is 3.71. The average molecular weight is 250 g/mol. The summed E-state index contributed by atoms with van der Waals surface area (Å²) in [6, 6.07) is 1.73. The number of hydrogen-bond acceptors (Lipinski definition) is 3. The van der Waals surface area contributed by atoms with Crippen LogP contribution in [0.3, 0.4) is 0 Å². The van der Waals surface area contributed by atoms with E-state index in [-0.39, 0.29) is 11.4 Å². The monoisotopic (exact) mass is 250 g/mol. The predicted molar refractivity (Wildman–Crippen MR) is 70.1 cm³/mol. The van der Waals surface area contributed by atoms with Gasteiger partial charge in [-0.05, 0) is 24.8 Å². The lowest BCUT2D eigenvalue weighted by atomic mass is 9.76. The number of hydrogen-bond donors (Lipinski definition) is 2. The van der Waals surface area contributed by atoms with Crippen LogP contribution in [0.25, 0.3) is 0 Å². The third kappa shape index (κ3) is 2.72. The lowest BCUT2D eigenvalue weighted by molar-refractivity contribution is 0.0848. The molecule has 2 rings (SSSR count). The molecule has 0 radical (unpaired) electrons. The summed E-state index contributed by atoms with van der Waals surface area (Å²) in [5.41, 5.74) is 6.11. The third-order valence-electron chi connectivity index (χ3n) is 3.81. The molecule has 1 aliphatic rings. The van der Waals surface area contributed by atoms with Crippen molar-refractivity contribution >= 4 is 5.91 Å². The zero-order chi connectivity index (χ0) is 13.2. The first-order chi connectivity index (χ1) is 8.54. The Balaban J connectivity index is 2.08. The molecule has 0 bridgehead atoms. The summed E-state index contributed by atoms with van der Waals surface area (Å²) in [5, 5.41) is 7.23. The van der Waals surface area contributed by atoms with Gasteiger partial charge in [0.1, 0.15) is 5.69 Å². The quantitative estimate of drug-likeness (QED) is 0.842. The molecule has 0 saturated heterocycles. The van der Waals surface area contributed by atoms with Crippen LogP contribution in [0.15, 0.2) is 12.3 Å². The molecule has 0 aliphatic heterocycles. The van der Waals surface area contributed by atoms with E-state index in [0.717, 1.165) is 19.3 Å². The number of nitrogens with zero attached hydrogens (tertiary/aromatic N) is 2. The molecule has 1 aromatic rings. The number of aromatic nitrogens is 2. The highest BCUT2D eigenvalue weighted by Gasteiger charge is 2.35. The number of carbonyl (C=O) groups excluding carboxylic acids is 1. The molecule has 3 N–H and O–H groups in total. The first-order valence-corrected chi connectivity index (χ1v) is 6.57. The molecular formula is C13H22N4O. The van der Waals surface area contributed by atoms with Crippen LogP contribution < -0.4 is 11.1 Å². The van der Waals surface area contributed by atoms with Crippen LogP contribution in [0.2, 0.25) is 0 Å². The summed E-state index contributed by atoms with van der Waals surface area (Å²) in [6.45, 7) is 2.71. The van der Waals surface area contributed by atoms with Crippen molar-refractivity contribution in [3.8, 4) is 0 Å². The van der Waals surface area contributed by atoms with E-state index < -0.39 is 0 Å². The van der Waals surface area contributed by atoms with Crippen molar-refractivity contribution < 1.29 is 4.79 Å². The van der Waals surface area contributed by atoms with Gasteiger partial charge in [-0.2, -0.15) is 5.10 Å². The molecule has 1 aliphatic carbocycles. The second-order valence-electron chi connectivity index (χ2n) is 5.51. The lowest BCUT2D eigenvalue weighted by Crippen LogP contribution is -2.56. The van der Waals surface area contributed by atoms with Crippen LogP contribution in [-0.4, -0.2) is 27.8 Å². The van der Waals surface area contributed by atoms with Gasteiger partial charge in [0, 0.05) is 19.8 Å². The summed E-state index contributed by atoms with van der Waals surface area (Å²) in [7, 11) is 1.80. The topological polar surface area (TPSA) is 72.9 Å². The highest BCUT2D eigenvalue weighted by atomic mass is 16.2. The van der Waals surface area contributed by atoms with Gasteiger partial charge in [-0.25, -0.2) is 0 Å². The van der Waals surface area contributed by atoms with Crippen LogP contribution in [0, 0.1) is 5.92 Å². The fourth-order valence-corrected chi connectivity index (χ4v) is 2.85. The summed E-state index contributed by atoms with van der Waals surface area (Å²) in [4.78, 5) is 12.2. The van der Waals surface area contributed by atoms with Crippen LogP contribution in [0.1, 0.15) is 43.1 Å². The third-order valence-corrected chi connectivity index (χ3v) is 3.81. The van der Waals surface area contributed by atoms with Gasteiger partial charge in [-0.1, -0.05) is 19.8 Å². The Morgan fingerprint density at radius 2 is 2.50 bits per heavy atom. The van der Waals surface area contributed by atoms with Crippen molar-refractivity contribution in [2.75, 3.05) is 6.54 Å². The molecule has 1 heterocycles. The van der Waals surface area contributed by atoms with Crippen molar-refractivity contribution in [2.24, 2.45) is 18.7 Å². The molecule has 100 valence electrons. The molecule has 1 aromatic heterocycles. The molecule has 0 aromatic carbocycles. The molecule has 1 fully saturated rings. The molecule has 18 heavy (non-hydrogen) atoms. The first kappa shape index (κ1) is 13.1. The first-order valence-electron chi connectivity index (χ1n) is 6.57. The number of amides is 1. The molecule has 5 nitrogen and oxygen atoms in total. The Hall–Kier alpha value is -1.36.